The van der Waals surface area contributed by atoms with Crippen molar-refractivity contribution in [2.45, 2.75) is 10.1 Å². The number of sulfone groups is 1. The van der Waals surface area contributed by atoms with Gasteiger partial charge >= 0.3 is 0 Å². The number of amidine groups is 1. The molecule has 0 spiro atoms. The van der Waals surface area contributed by atoms with Crippen LogP contribution in [0.25, 0.3) is 0 Å². The van der Waals surface area contributed by atoms with Crippen molar-refractivity contribution in [2.24, 2.45) is 5.73 Å². The van der Waals surface area contributed by atoms with Crippen molar-refractivity contribution < 1.29 is 8.42 Å². The average Bonchev–Trinajstić information content (AvgIpc) is 2.25. The first kappa shape index (κ1) is 12.0. The lowest BCUT2D eigenvalue weighted by atomic mass is 10.2. The third kappa shape index (κ3) is 2.16. The minimum Gasteiger partial charge on any atom is -0.382 e. The summed E-state index contributed by atoms with van der Waals surface area (Å²) >= 11 is 0. The van der Waals surface area contributed by atoms with E-state index < -0.39 is 9.84 Å². The van der Waals surface area contributed by atoms with Gasteiger partial charge in [0.2, 0.25) is 0 Å². The van der Waals surface area contributed by atoms with Crippen LogP contribution in [-0.4, -0.2) is 49.5 Å². The second-order valence-corrected chi connectivity index (χ2v) is 6.41. The number of rotatable bonds is 3. The van der Waals surface area contributed by atoms with Gasteiger partial charge in [0.05, 0.1) is 10.1 Å². The predicted molar refractivity (Wildman–Crippen MR) is 63.7 cm³/mol. The van der Waals surface area contributed by atoms with E-state index in [2.05, 4.69) is 4.98 Å². The normalized spacial score (nSPS) is 17.7. The molecule has 1 aromatic heterocycles. The highest BCUT2D eigenvalue weighted by atomic mass is 32.2. The zero-order chi connectivity index (χ0) is 12.6. The molecule has 7 heteroatoms. The second kappa shape index (κ2) is 4.08. The maximum Gasteiger partial charge on any atom is 0.185 e. The van der Waals surface area contributed by atoms with Gasteiger partial charge in [-0.2, -0.15) is 0 Å². The number of nitrogens with zero attached hydrogens (tertiary/aromatic N) is 2. The lowest BCUT2D eigenvalue weighted by Gasteiger charge is -2.35. The Hall–Kier alpha value is -1.47. The number of aromatic nitrogens is 1. The molecular weight excluding hydrogens is 240 g/mol. The van der Waals surface area contributed by atoms with Crippen LogP contribution in [0.2, 0.25) is 0 Å². The fourth-order valence-corrected chi connectivity index (χ4v) is 3.48. The highest BCUT2D eigenvalue weighted by Gasteiger charge is 2.36. The van der Waals surface area contributed by atoms with E-state index in [1.54, 1.807) is 0 Å². The summed E-state index contributed by atoms with van der Waals surface area (Å²) in [6, 6.07) is 2.91. The third-order valence-electron chi connectivity index (χ3n) is 2.81. The summed E-state index contributed by atoms with van der Waals surface area (Å²) in [5.41, 5.74) is 5.54. The minimum absolute atomic E-state index is 0.169. The Morgan fingerprint density at radius 3 is 2.59 bits per heavy atom. The van der Waals surface area contributed by atoms with Gasteiger partial charge in [0.25, 0.3) is 0 Å². The molecule has 6 nitrogen and oxygen atoms in total. The Kier molecular flexibility index (Phi) is 2.88. The zero-order valence-corrected chi connectivity index (χ0v) is 10.2. The molecular formula is C10H14N4O2S. The van der Waals surface area contributed by atoms with E-state index in [0.717, 1.165) is 0 Å². The van der Waals surface area contributed by atoms with Gasteiger partial charge in [-0.25, -0.2) is 8.42 Å². The van der Waals surface area contributed by atoms with Gasteiger partial charge in [0.15, 0.2) is 9.84 Å². The maximum atomic E-state index is 12.1. The van der Waals surface area contributed by atoms with Crippen molar-refractivity contribution in [2.75, 3.05) is 20.1 Å². The lowest BCUT2D eigenvalue weighted by Crippen LogP contribution is -2.52. The highest BCUT2D eigenvalue weighted by molar-refractivity contribution is 7.92. The van der Waals surface area contributed by atoms with E-state index in [-0.39, 0.29) is 21.7 Å². The number of nitrogens with one attached hydrogen (secondary N) is 1. The Labute approximate surface area is 99.9 Å². The molecule has 1 aliphatic rings. The summed E-state index contributed by atoms with van der Waals surface area (Å²) in [5.74, 6) is -0.169. The fourth-order valence-electron chi connectivity index (χ4n) is 1.74. The molecule has 17 heavy (non-hydrogen) atoms. The molecule has 2 heterocycles. The van der Waals surface area contributed by atoms with E-state index >= 15 is 0 Å². The van der Waals surface area contributed by atoms with Crippen LogP contribution in [0.15, 0.2) is 23.2 Å². The quantitative estimate of drug-likeness (QED) is 0.557. The molecule has 0 amide bonds. The van der Waals surface area contributed by atoms with Gasteiger partial charge in [-0.15, -0.1) is 0 Å². The SMILES string of the molecule is CN1CC(S(=O)(=O)c2ccc(C(=N)N)nc2)C1. The van der Waals surface area contributed by atoms with Gasteiger partial charge in [-0.05, 0) is 19.2 Å². The van der Waals surface area contributed by atoms with Crippen LogP contribution in [0.3, 0.4) is 0 Å². The number of hydrogen-bond acceptors (Lipinski definition) is 5. The van der Waals surface area contributed by atoms with Gasteiger partial charge in [-0.3, -0.25) is 10.4 Å². The topological polar surface area (TPSA) is 100 Å². The van der Waals surface area contributed by atoms with E-state index in [0.29, 0.717) is 13.1 Å². The number of likely N-dealkylation sites (tertiary alicyclic amines) is 1. The fraction of sp³-hybridized carbons (Fsp3) is 0.400. The monoisotopic (exact) mass is 254 g/mol. The Morgan fingerprint density at radius 1 is 1.53 bits per heavy atom. The Bertz CT molecular complexity index is 532. The van der Waals surface area contributed by atoms with Crippen molar-refractivity contribution in [3.05, 3.63) is 24.0 Å². The van der Waals surface area contributed by atoms with E-state index in [1.807, 2.05) is 11.9 Å². The molecule has 0 radical (unpaired) electrons. The Balaban J connectivity index is 2.25. The largest absolute Gasteiger partial charge is 0.382 e. The molecule has 0 atom stereocenters. The first-order valence-corrected chi connectivity index (χ1v) is 6.69. The van der Waals surface area contributed by atoms with Gasteiger partial charge < -0.3 is 10.6 Å². The summed E-state index contributed by atoms with van der Waals surface area (Å²) in [6.45, 7) is 1.10. The summed E-state index contributed by atoms with van der Waals surface area (Å²) in [7, 11) is -1.41. The van der Waals surface area contributed by atoms with Gasteiger partial charge in [-0.1, -0.05) is 0 Å². The first-order valence-electron chi connectivity index (χ1n) is 5.14. The standard InChI is InChI=1S/C10H14N4O2S/c1-14-5-8(6-14)17(15,16)7-2-3-9(10(11)12)13-4-7/h2-4,8H,5-6H2,1H3,(H3,11,12). The number of hydrogen-bond donors (Lipinski definition) is 2. The van der Waals surface area contributed by atoms with Crippen molar-refractivity contribution in [3.8, 4) is 0 Å². The van der Waals surface area contributed by atoms with Crippen LogP contribution in [0.1, 0.15) is 5.69 Å². The number of nitrogen functional groups attached to an aromatic ring is 1. The van der Waals surface area contributed by atoms with Crippen LogP contribution < -0.4 is 5.73 Å². The van der Waals surface area contributed by atoms with Crippen molar-refractivity contribution in [1.82, 2.24) is 9.88 Å². The molecule has 0 aromatic carbocycles. The van der Waals surface area contributed by atoms with E-state index in [9.17, 15) is 8.42 Å². The highest BCUT2D eigenvalue weighted by Crippen LogP contribution is 2.21. The summed E-state index contributed by atoms with van der Waals surface area (Å²) in [4.78, 5) is 6.00. The van der Waals surface area contributed by atoms with Crippen LogP contribution in [0.5, 0.6) is 0 Å². The van der Waals surface area contributed by atoms with Crippen LogP contribution in [0, 0.1) is 5.41 Å². The van der Waals surface area contributed by atoms with Crippen molar-refractivity contribution in [1.29, 1.82) is 5.41 Å². The number of pyridine rings is 1. The zero-order valence-electron chi connectivity index (χ0n) is 9.42. The predicted octanol–water partition coefficient (Wildman–Crippen LogP) is -0.547. The molecule has 92 valence electrons. The molecule has 3 N–H and O–H groups in total. The van der Waals surface area contributed by atoms with Gasteiger partial charge in [0, 0.05) is 19.3 Å². The lowest BCUT2D eigenvalue weighted by molar-refractivity contribution is 0.232. The van der Waals surface area contributed by atoms with Crippen LogP contribution in [0.4, 0.5) is 0 Å². The third-order valence-corrected chi connectivity index (χ3v) is 4.88. The smallest absolute Gasteiger partial charge is 0.185 e. The molecule has 1 aliphatic heterocycles. The molecule has 1 saturated heterocycles. The first-order chi connectivity index (χ1) is 7.91. The number of nitrogens with two attached hydrogens (primary N) is 1. The summed E-state index contributed by atoms with van der Waals surface area (Å²) < 4.78 is 24.2. The molecule has 0 bridgehead atoms. The van der Waals surface area contributed by atoms with Gasteiger partial charge in [0.1, 0.15) is 11.5 Å². The van der Waals surface area contributed by atoms with Crippen molar-refractivity contribution in [3.63, 3.8) is 0 Å². The second-order valence-electron chi connectivity index (χ2n) is 4.18. The summed E-state index contributed by atoms with van der Waals surface area (Å²) in [6.07, 6.45) is 1.27. The molecule has 0 unspecified atom stereocenters. The molecule has 0 saturated carbocycles. The van der Waals surface area contributed by atoms with Crippen LogP contribution >= 0.6 is 0 Å². The molecule has 1 aromatic rings. The van der Waals surface area contributed by atoms with Crippen molar-refractivity contribution >= 4 is 15.7 Å². The average molecular weight is 254 g/mol. The molecule has 2 rings (SSSR count). The summed E-state index contributed by atoms with van der Waals surface area (Å²) in [5, 5.41) is 6.83. The minimum atomic E-state index is -3.29. The van der Waals surface area contributed by atoms with Crippen LogP contribution in [-0.2, 0) is 9.84 Å². The van der Waals surface area contributed by atoms with E-state index in [1.165, 1.54) is 18.3 Å². The molecule has 0 aliphatic carbocycles. The molecule has 1 fully saturated rings. The maximum absolute atomic E-state index is 12.1. The Morgan fingerprint density at radius 2 is 2.18 bits per heavy atom. The van der Waals surface area contributed by atoms with E-state index in [4.69, 9.17) is 11.1 Å².